The van der Waals surface area contributed by atoms with E-state index < -0.39 is 0 Å². The number of nitrogens with two attached hydrogens (primary N) is 1. The number of fused-ring (bicyclic) bond motifs is 1. The van der Waals surface area contributed by atoms with Crippen molar-refractivity contribution in [1.29, 1.82) is 0 Å². The maximum Gasteiger partial charge on any atom is 0.288 e. The first kappa shape index (κ1) is 17.9. The lowest BCUT2D eigenvalue weighted by Gasteiger charge is -2.05. The minimum Gasteiger partial charge on any atom is -0.326 e. The smallest absolute Gasteiger partial charge is 0.288 e. The molecule has 0 amide bonds. The molecule has 0 saturated heterocycles. The molecule has 0 bridgehead atoms. The first-order chi connectivity index (χ1) is 9.70. The highest BCUT2D eigenvalue weighted by Gasteiger charge is 2.20. The largest absolute Gasteiger partial charge is 0.326 e. The van der Waals surface area contributed by atoms with Gasteiger partial charge in [0.2, 0.25) is 0 Å². The van der Waals surface area contributed by atoms with E-state index in [2.05, 4.69) is 10.2 Å². The molecule has 8 heteroatoms. The fourth-order valence-corrected chi connectivity index (χ4v) is 2.25. The number of nitrogens with one attached hydrogen (secondary N) is 1. The van der Waals surface area contributed by atoms with Crippen molar-refractivity contribution in [1.82, 2.24) is 10.2 Å². The highest BCUT2D eigenvalue weighted by atomic mass is 35.5. The van der Waals surface area contributed by atoms with Gasteiger partial charge in [0.1, 0.15) is 0 Å². The Morgan fingerprint density at radius 3 is 2.41 bits per heavy atom. The van der Waals surface area contributed by atoms with Crippen LogP contribution in [0.25, 0.3) is 22.0 Å². The molecule has 0 aliphatic heterocycles. The van der Waals surface area contributed by atoms with E-state index in [0.29, 0.717) is 23.0 Å². The van der Waals surface area contributed by atoms with E-state index in [1.54, 1.807) is 12.1 Å². The van der Waals surface area contributed by atoms with Crippen LogP contribution in [0.4, 0.5) is 5.69 Å². The van der Waals surface area contributed by atoms with Gasteiger partial charge >= 0.3 is 0 Å². The minimum atomic E-state index is -0.371. The van der Waals surface area contributed by atoms with Crippen LogP contribution in [0.3, 0.4) is 0 Å². The van der Waals surface area contributed by atoms with Gasteiger partial charge in [-0.1, -0.05) is 24.3 Å². The Hall–Kier alpha value is -2.15. The minimum absolute atomic E-state index is 0. The summed E-state index contributed by atoms with van der Waals surface area (Å²) in [5.74, 6) is 0. The quantitative estimate of drug-likeness (QED) is 0.563. The van der Waals surface area contributed by atoms with Crippen LogP contribution in [0.1, 0.15) is 5.56 Å². The van der Waals surface area contributed by atoms with Crippen LogP contribution in [0, 0.1) is 10.1 Å². The molecule has 3 rings (SSSR count). The van der Waals surface area contributed by atoms with Gasteiger partial charge in [-0.15, -0.1) is 24.8 Å². The molecular formula is C14H14Cl2N4O2. The lowest BCUT2D eigenvalue weighted by atomic mass is 10.0. The van der Waals surface area contributed by atoms with Crippen LogP contribution < -0.4 is 5.73 Å². The van der Waals surface area contributed by atoms with Crippen molar-refractivity contribution in [3.8, 4) is 11.1 Å². The molecule has 22 heavy (non-hydrogen) atoms. The van der Waals surface area contributed by atoms with Gasteiger partial charge < -0.3 is 5.73 Å². The van der Waals surface area contributed by atoms with E-state index in [4.69, 9.17) is 5.73 Å². The summed E-state index contributed by atoms with van der Waals surface area (Å²) >= 11 is 0. The molecule has 0 aliphatic rings. The summed E-state index contributed by atoms with van der Waals surface area (Å²) in [6.45, 7) is 0.448. The van der Waals surface area contributed by atoms with Crippen LogP contribution >= 0.6 is 24.8 Å². The predicted octanol–water partition coefficient (Wildman–Crippen LogP) is 3.44. The van der Waals surface area contributed by atoms with E-state index in [0.717, 1.165) is 11.1 Å². The molecule has 6 nitrogen and oxygen atoms in total. The summed E-state index contributed by atoms with van der Waals surface area (Å²) in [6, 6.07) is 11.0. The third-order valence-corrected chi connectivity index (χ3v) is 3.28. The Balaban J connectivity index is 0.00000121. The van der Waals surface area contributed by atoms with Gasteiger partial charge in [-0.2, -0.15) is 5.10 Å². The molecule has 0 atom stereocenters. The highest BCUT2D eigenvalue weighted by molar-refractivity contribution is 5.95. The second-order valence-electron chi connectivity index (χ2n) is 4.45. The number of H-pyrrole nitrogens is 1. The van der Waals surface area contributed by atoms with E-state index in [1.807, 2.05) is 24.3 Å². The number of aromatic amines is 1. The van der Waals surface area contributed by atoms with Crippen molar-refractivity contribution in [3.63, 3.8) is 0 Å². The molecule has 0 radical (unpaired) electrons. The number of nitrogens with zero attached hydrogens (tertiary/aromatic N) is 2. The van der Waals surface area contributed by atoms with Crippen LogP contribution in [-0.2, 0) is 6.54 Å². The normalized spacial score (nSPS) is 9.86. The Kier molecular flexibility index (Phi) is 5.87. The molecule has 0 spiro atoms. The van der Waals surface area contributed by atoms with Gasteiger partial charge in [-0.3, -0.25) is 15.2 Å². The van der Waals surface area contributed by atoms with E-state index >= 15 is 0 Å². The zero-order valence-electron chi connectivity index (χ0n) is 11.4. The average molecular weight is 341 g/mol. The van der Waals surface area contributed by atoms with Crippen LogP contribution in [0.5, 0.6) is 0 Å². The van der Waals surface area contributed by atoms with E-state index in [-0.39, 0.29) is 35.4 Å². The second kappa shape index (κ2) is 7.22. The average Bonchev–Trinajstić information content (AvgIpc) is 2.94. The van der Waals surface area contributed by atoms with Crippen molar-refractivity contribution < 1.29 is 4.92 Å². The summed E-state index contributed by atoms with van der Waals surface area (Å²) in [7, 11) is 0. The summed E-state index contributed by atoms with van der Waals surface area (Å²) in [4.78, 5) is 11.0. The third kappa shape index (κ3) is 3.04. The topological polar surface area (TPSA) is 97.8 Å². The molecular weight excluding hydrogens is 327 g/mol. The van der Waals surface area contributed by atoms with Crippen molar-refractivity contribution in [2.24, 2.45) is 5.73 Å². The first-order valence-corrected chi connectivity index (χ1v) is 6.10. The van der Waals surface area contributed by atoms with Gasteiger partial charge in [-0.25, -0.2) is 0 Å². The molecule has 116 valence electrons. The molecule has 0 fully saturated rings. The van der Waals surface area contributed by atoms with Crippen molar-refractivity contribution in [3.05, 3.63) is 58.3 Å². The maximum absolute atomic E-state index is 11.4. The van der Waals surface area contributed by atoms with Crippen LogP contribution in [-0.4, -0.2) is 15.1 Å². The molecule has 3 aromatic rings. The maximum atomic E-state index is 11.4. The lowest BCUT2D eigenvalue weighted by Crippen LogP contribution is -1.96. The highest BCUT2D eigenvalue weighted by Crippen LogP contribution is 2.35. The summed E-state index contributed by atoms with van der Waals surface area (Å²) < 4.78 is 0. The number of nitro benzene ring substituents is 1. The number of hydrogen-bond donors (Lipinski definition) is 2. The van der Waals surface area contributed by atoms with Gasteiger partial charge in [0, 0.05) is 6.54 Å². The fraction of sp³-hybridized carbons (Fsp3) is 0.0714. The first-order valence-electron chi connectivity index (χ1n) is 6.10. The molecule has 2 aromatic carbocycles. The zero-order chi connectivity index (χ0) is 14.1. The van der Waals surface area contributed by atoms with Gasteiger partial charge in [-0.05, 0) is 23.3 Å². The SMILES string of the molecule is Cl.Cl.NCc1ccc(-c2ccc3[nH]ncc3c2[N+](=O)[O-])cc1. The molecule has 1 aromatic heterocycles. The number of hydrogen-bond acceptors (Lipinski definition) is 4. The van der Waals surface area contributed by atoms with Crippen LogP contribution in [0.15, 0.2) is 42.6 Å². The molecule has 0 unspecified atom stereocenters. The van der Waals surface area contributed by atoms with Crippen molar-refractivity contribution >= 4 is 41.4 Å². The number of halogens is 2. The van der Waals surface area contributed by atoms with Crippen LogP contribution in [0.2, 0.25) is 0 Å². The van der Waals surface area contributed by atoms with Gasteiger partial charge in [0.05, 0.1) is 27.6 Å². The number of nitro groups is 1. The standard InChI is InChI=1S/C14H12N4O2.2ClH/c15-7-9-1-3-10(4-2-9)11-5-6-13-12(8-16-17-13)14(11)18(19)20;;/h1-6,8H,7,15H2,(H,16,17);2*1H. The summed E-state index contributed by atoms with van der Waals surface area (Å²) in [6.07, 6.45) is 1.48. The number of rotatable bonds is 3. The van der Waals surface area contributed by atoms with E-state index in [1.165, 1.54) is 6.20 Å². The second-order valence-corrected chi connectivity index (χ2v) is 4.45. The number of benzene rings is 2. The Morgan fingerprint density at radius 2 is 1.82 bits per heavy atom. The van der Waals surface area contributed by atoms with E-state index in [9.17, 15) is 10.1 Å². The predicted molar refractivity (Wildman–Crippen MR) is 90.6 cm³/mol. The molecule has 0 saturated carbocycles. The lowest BCUT2D eigenvalue weighted by molar-refractivity contribution is -0.382. The Bertz CT molecular complexity index is 787. The summed E-state index contributed by atoms with van der Waals surface area (Å²) in [5.41, 5.74) is 8.63. The Labute approximate surface area is 138 Å². The molecule has 0 aliphatic carbocycles. The molecule has 1 heterocycles. The monoisotopic (exact) mass is 340 g/mol. The Morgan fingerprint density at radius 1 is 1.14 bits per heavy atom. The summed E-state index contributed by atoms with van der Waals surface area (Å²) in [5, 5.41) is 18.5. The van der Waals surface area contributed by atoms with Crippen molar-refractivity contribution in [2.75, 3.05) is 0 Å². The fourth-order valence-electron chi connectivity index (χ4n) is 2.25. The molecule has 3 N–H and O–H groups in total. The van der Waals surface area contributed by atoms with Gasteiger partial charge in [0.25, 0.3) is 5.69 Å². The number of aromatic nitrogens is 2. The third-order valence-electron chi connectivity index (χ3n) is 3.28. The van der Waals surface area contributed by atoms with Crippen molar-refractivity contribution in [2.45, 2.75) is 6.54 Å². The van der Waals surface area contributed by atoms with Gasteiger partial charge in [0.15, 0.2) is 0 Å². The zero-order valence-corrected chi connectivity index (χ0v) is 13.0.